The van der Waals surface area contributed by atoms with Crippen LogP contribution in [-0.2, 0) is 102 Å². The van der Waals surface area contributed by atoms with Gasteiger partial charge < -0.3 is 122 Å². The second-order valence-corrected chi connectivity index (χ2v) is 27.2. The second-order valence-electron chi connectivity index (χ2n) is 27.2. The molecule has 1 aliphatic heterocycles. The first kappa shape index (κ1) is 94.7. The standard InChI is InChI=1S/C72H101N17O26/c1-5-6-7-8-9-10-11-22-53(93)81-44(25-38-31-76-42-20-15-13-17-39(38)42)66(108)84-45(27-52(75)92)67(109)86-48(30-59(102)103)68(110)89-61-37(4)115-72(114)49(26-51(91)40-18-12-14-19-41(40)74)87-71(113)60(35(2)24-56(96)97)88-69(111)50(34-90)82-55(95)32-77-63(105)46(28-57(98)99)83-62(104)36(3)79-65(107)47(29-58(100)101)85-64(106)43(21-16-23-73)80-54(94)33-78-70(61)112/h12-15,17-20,31,35-37,43-50,60-61,76,90H,5-11,16,21-30,32-34,73-74H2,1-4H3,(H2,75,92)(H,77,105)(H,78,112)(H,79,107)(H,80,94)(H,81,93)(H,82,95)(H,83,104)(H,84,108)(H,85,106)(H,86,109)(H,87,113)(H,88,111)(H,89,110)(H,96,97)(H,98,99)(H,100,101)(H,102,103)/t35-,36+,37-,43-,44-,45-,46-,47-,48-,49-,50-,60-,61-/m0/s1. The van der Waals surface area contributed by atoms with Crippen molar-refractivity contribution in [3.8, 4) is 0 Å². The van der Waals surface area contributed by atoms with Crippen LogP contribution in [0.25, 0.3) is 10.9 Å². The molecule has 1 saturated heterocycles. The first-order valence-electron chi connectivity index (χ1n) is 36.8. The highest BCUT2D eigenvalue weighted by atomic mass is 16.5. The number of unbranched alkanes of at least 4 members (excludes halogenated alkanes) is 6. The molecule has 0 radical (unpaired) electrons. The van der Waals surface area contributed by atoms with Gasteiger partial charge in [0, 0.05) is 47.6 Å². The zero-order valence-electron chi connectivity index (χ0n) is 63.6. The van der Waals surface area contributed by atoms with Crippen LogP contribution in [0.1, 0.15) is 146 Å². The van der Waals surface area contributed by atoms with Crippen LogP contribution in [0, 0.1) is 5.92 Å². The molecule has 630 valence electrons. The van der Waals surface area contributed by atoms with Crippen molar-refractivity contribution >= 4 is 135 Å². The zero-order valence-corrected chi connectivity index (χ0v) is 63.6. The first-order chi connectivity index (χ1) is 54.4. The number of aliphatic carboxylic acids is 4. The molecule has 115 heavy (non-hydrogen) atoms. The molecule has 14 amide bonds. The van der Waals surface area contributed by atoms with E-state index in [1.165, 1.54) is 24.3 Å². The Bertz CT molecular complexity index is 4040. The first-order valence-corrected chi connectivity index (χ1v) is 36.8. The average Bonchev–Trinajstić information content (AvgIpc) is 1.72. The van der Waals surface area contributed by atoms with E-state index < -0.39 is 261 Å². The van der Waals surface area contributed by atoms with Gasteiger partial charge in [0.2, 0.25) is 82.7 Å². The molecule has 13 atom stereocenters. The van der Waals surface area contributed by atoms with Crippen LogP contribution in [0.5, 0.6) is 0 Å². The molecular weight excluding hydrogens is 1520 g/mol. The lowest BCUT2D eigenvalue weighted by Crippen LogP contribution is -2.62. The minimum atomic E-state index is -2.45. The molecule has 1 aromatic heterocycles. The fourth-order valence-corrected chi connectivity index (χ4v) is 11.7. The number of ketones is 1. The molecule has 2 aromatic carbocycles. The summed E-state index contributed by atoms with van der Waals surface area (Å²) in [5.41, 5.74) is 18.1. The van der Waals surface area contributed by atoms with Crippen LogP contribution in [0.15, 0.2) is 54.7 Å². The van der Waals surface area contributed by atoms with Crippen molar-refractivity contribution in [3.05, 3.63) is 65.9 Å². The van der Waals surface area contributed by atoms with Gasteiger partial charge in [-0.05, 0) is 69.3 Å². The van der Waals surface area contributed by atoms with E-state index in [1.807, 2.05) is 16.0 Å². The third kappa shape index (κ3) is 32.5. The zero-order chi connectivity index (χ0) is 85.8. The third-order valence-electron chi connectivity index (χ3n) is 17.9. The van der Waals surface area contributed by atoms with Gasteiger partial charge in [-0.1, -0.05) is 82.7 Å². The highest BCUT2D eigenvalue weighted by Crippen LogP contribution is 2.22. The number of ether oxygens (including phenoxy) is 1. The number of para-hydroxylation sites is 2. The summed E-state index contributed by atoms with van der Waals surface area (Å²) >= 11 is 0. The van der Waals surface area contributed by atoms with Crippen molar-refractivity contribution in [3.63, 3.8) is 0 Å². The van der Waals surface area contributed by atoms with E-state index in [1.54, 1.807) is 30.5 Å². The summed E-state index contributed by atoms with van der Waals surface area (Å²) in [4.78, 5) is 276. The van der Waals surface area contributed by atoms with Crippen LogP contribution >= 0.6 is 0 Å². The number of rotatable bonds is 35. The molecule has 2 heterocycles. The molecule has 3 aromatic rings. The van der Waals surface area contributed by atoms with Gasteiger partial charge in [-0.2, -0.15) is 0 Å². The van der Waals surface area contributed by atoms with Crippen molar-refractivity contribution in [2.24, 2.45) is 17.4 Å². The van der Waals surface area contributed by atoms with E-state index in [0.29, 0.717) is 29.3 Å². The predicted molar refractivity (Wildman–Crippen MR) is 400 cm³/mol. The number of aromatic amines is 1. The number of hydrogen-bond acceptors (Lipinski definition) is 24. The Morgan fingerprint density at radius 1 is 0.548 bits per heavy atom. The van der Waals surface area contributed by atoms with E-state index in [-0.39, 0.29) is 37.1 Å². The topological polar surface area (TPSA) is 702 Å². The summed E-state index contributed by atoms with van der Waals surface area (Å²) in [6, 6.07) is -10.5. The molecule has 25 N–H and O–H groups in total. The van der Waals surface area contributed by atoms with Crippen molar-refractivity contribution in [2.45, 2.75) is 209 Å². The van der Waals surface area contributed by atoms with Gasteiger partial charge in [-0.3, -0.25) is 91.1 Å². The Labute approximate surface area is 657 Å². The van der Waals surface area contributed by atoms with Gasteiger partial charge >= 0.3 is 29.8 Å². The number of H-pyrrole nitrogens is 1. The van der Waals surface area contributed by atoms with Crippen LogP contribution in [0.3, 0.4) is 0 Å². The molecule has 43 heteroatoms. The average molecular weight is 1620 g/mol. The van der Waals surface area contributed by atoms with Crippen LogP contribution in [0.4, 0.5) is 5.69 Å². The quantitative estimate of drug-likeness (QED) is 0.0113. The maximum atomic E-state index is 14.8. The summed E-state index contributed by atoms with van der Waals surface area (Å²) in [7, 11) is 0. The van der Waals surface area contributed by atoms with Gasteiger partial charge in [0.15, 0.2) is 5.78 Å². The van der Waals surface area contributed by atoms with Gasteiger partial charge in [0.25, 0.3) is 0 Å². The number of anilines is 1. The smallest absolute Gasteiger partial charge is 0.329 e. The lowest BCUT2D eigenvalue weighted by molar-refractivity contribution is -0.156. The minimum absolute atomic E-state index is 0.0186. The van der Waals surface area contributed by atoms with Crippen molar-refractivity contribution in [1.29, 1.82) is 0 Å². The molecule has 1 aliphatic rings. The van der Waals surface area contributed by atoms with E-state index in [2.05, 4.69) is 65.1 Å². The number of esters is 1. The number of carboxylic acids is 4. The number of primary amides is 1. The number of carbonyl (C=O) groups is 20. The van der Waals surface area contributed by atoms with Crippen molar-refractivity contribution in [1.82, 2.24) is 74.1 Å². The number of fused-ring (bicyclic) bond motifs is 1. The Morgan fingerprint density at radius 3 is 1.69 bits per heavy atom. The number of nitrogens with two attached hydrogens (primary N) is 3. The highest BCUT2D eigenvalue weighted by Gasteiger charge is 2.41. The summed E-state index contributed by atoms with van der Waals surface area (Å²) in [6.07, 6.45) is -2.33. The number of carboxylic acid groups (broad SMARTS) is 4. The molecule has 1 fully saturated rings. The maximum absolute atomic E-state index is 14.8. The minimum Gasteiger partial charge on any atom is -0.481 e. The number of amides is 14. The van der Waals surface area contributed by atoms with Crippen molar-refractivity contribution < 1.29 is 126 Å². The predicted octanol–water partition coefficient (Wildman–Crippen LogP) is -5.62. The number of Topliss-reactive ketones (excluding diaryl/α,β-unsaturated/α-hetero) is 1. The number of hydrogen-bond donors (Lipinski definition) is 22. The van der Waals surface area contributed by atoms with E-state index >= 15 is 0 Å². The molecule has 0 saturated carbocycles. The molecule has 43 nitrogen and oxygen atoms in total. The monoisotopic (exact) mass is 1620 g/mol. The number of aliphatic hydroxyl groups excluding tert-OH is 1. The number of cyclic esters (lactones) is 1. The number of carbonyl (C=O) groups excluding carboxylic acids is 16. The molecule has 0 aliphatic carbocycles. The van der Waals surface area contributed by atoms with Gasteiger partial charge in [0.1, 0.15) is 72.6 Å². The van der Waals surface area contributed by atoms with Crippen molar-refractivity contribution in [2.75, 3.05) is 32.0 Å². The van der Waals surface area contributed by atoms with Gasteiger partial charge in [0.05, 0.1) is 51.8 Å². The normalized spacial score (nSPS) is 21.2. The number of benzene rings is 2. The Balaban J connectivity index is 1.87. The fourth-order valence-electron chi connectivity index (χ4n) is 11.7. The van der Waals surface area contributed by atoms with E-state index in [0.717, 1.165) is 52.9 Å². The SMILES string of the molecule is CCCCCCCCCC(=O)N[C@@H](Cc1c[nH]c2ccccc12)C(=O)N[C@@H](CC(N)=O)C(=O)N[C@@H](CC(=O)O)C(=O)N[C@@H]1C(=O)NCC(=O)N[C@@H](CCCN)C(=O)N[C@@H](CC(=O)O)C(=O)N[C@H](C)C(=O)N[C@@H](CC(=O)O)C(=O)NCC(=O)N[C@@H](CO)C(=O)N[C@@H]([C@@H](C)CC(=O)O)C(=O)N[C@@H](CC(=O)c2ccccc2N)C(=O)O[C@H]1C. The second kappa shape index (κ2) is 47.6. The number of nitrogen functional groups attached to an aromatic ring is 1. The molecule has 0 bridgehead atoms. The Hall–Kier alpha value is -12.7. The molecule has 0 spiro atoms. The summed E-state index contributed by atoms with van der Waals surface area (Å²) in [5, 5.41) is 78.7. The Morgan fingerprint density at radius 2 is 1.09 bits per heavy atom. The molecule has 4 rings (SSSR count). The largest absolute Gasteiger partial charge is 0.481 e. The van der Waals surface area contributed by atoms with Crippen LogP contribution < -0.4 is 86.3 Å². The maximum Gasteiger partial charge on any atom is 0.329 e. The van der Waals surface area contributed by atoms with Gasteiger partial charge in [-0.15, -0.1) is 0 Å². The van der Waals surface area contributed by atoms with E-state index in [9.17, 15) is 121 Å². The number of nitrogens with one attached hydrogen (secondary N) is 14. The summed E-state index contributed by atoms with van der Waals surface area (Å²) in [6.45, 7) is 1.11. The molecular formula is C72H101N17O26. The fraction of sp³-hybridized carbons (Fsp3) is 0.528. The molecule has 0 unspecified atom stereocenters. The lowest BCUT2D eigenvalue weighted by atomic mass is 9.96. The van der Waals surface area contributed by atoms with Crippen LogP contribution in [0.2, 0.25) is 0 Å². The third-order valence-corrected chi connectivity index (χ3v) is 17.9. The van der Waals surface area contributed by atoms with Gasteiger partial charge in [-0.25, -0.2) is 4.79 Å². The summed E-state index contributed by atoms with van der Waals surface area (Å²) in [5.74, 6) is -29.7. The summed E-state index contributed by atoms with van der Waals surface area (Å²) < 4.78 is 5.68. The highest BCUT2D eigenvalue weighted by molar-refractivity contribution is 6.05. The Kier molecular flexibility index (Phi) is 39.2. The van der Waals surface area contributed by atoms with E-state index in [4.69, 9.17) is 21.9 Å². The number of aromatic nitrogens is 1. The lowest BCUT2D eigenvalue weighted by Gasteiger charge is -2.30. The van der Waals surface area contributed by atoms with Crippen LogP contribution in [-0.4, -0.2) is 248 Å². The number of aliphatic hydroxyl groups is 1.